The van der Waals surface area contributed by atoms with Crippen LogP contribution in [-0.4, -0.2) is 21.5 Å². The molecule has 0 spiro atoms. The molecule has 1 aromatic rings. The average Bonchev–Trinajstić information content (AvgIpc) is 3.26. The fourth-order valence-electron chi connectivity index (χ4n) is 9.21. The van der Waals surface area contributed by atoms with Gasteiger partial charge in [-0.1, -0.05) is 78.9 Å². The predicted molar refractivity (Wildman–Crippen MR) is 175 cm³/mol. The fraction of sp³-hybridized carbons (Fsp3) is 0.757. The van der Waals surface area contributed by atoms with Crippen LogP contribution >= 0.6 is 0 Å². The summed E-state index contributed by atoms with van der Waals surface area (Å²) in [4.78, 5) is 0. The normalized spacial score (nSPS) is 31.9. The van der Waals surface area contributed by atoms with E-state index < -0.39 is 8.32 Å². The van der Waals surface area contributed by atoms with E-state index in [-0.39, 0.29) is 15.9 Å². The number of hydrogen-bond donors (Lipinski definition) is 0. The average molecular weight is 578 g/mol. The first-order valence-electron chi connectivity index (χ1n) is 16.7. The molecule has 7 atom stereocenters. The number of benzene rings is 1. The van der Waals surface area contributed by atoms with E-state index in [0.29, 0.717) is 36.2 Å². The summed E-state index contributed by atoms with van der Waals surface area (Å²) in [5, 5.41) is 9.44. The molecule has 2 fully saturated rings. The van der Waals surface area contributed by atoms with Gasteiger partial charge in [0.25, 0.3) is 0 Å². The summed E-state index contributed by atoms with van der Waals surface area (Å²) in [5.41, 5.74) is 3.32. The number of nitrogens with zero attached hydrogens (tertiary/aromatic N) is 1. The highest BCUT2D eigenvalue weighted by atomic mass is 28.4. The first-order valence-corrected chi connectivity index (χ1v) is 19.6. The number of methoxy groups -OCH3 is 1. The van der Waals surface area contributed by atoms with E-state index in [4.69, 9.17) is 9.16 Å². The van der Waals surface area contributed by atoms with Crippen LogP contribution in [0.4, 0.5) is 0 Å². The molecule has 3 nitrogen and oxygen atoms in total. The van der Waals surface area contributed by atoms with E-state index in [2.05, 4.69) is 84.6 Å². The van der Waals surface area contributed by atoms with E-state index in [1.54, 1.807) is 12.7 Å². The van der Waals surface area contributed by atoms with E-state index in [1.807, 2.05) is 0 Å². The number of fused-ring (bicyclic) bond motifs is 5. The molecule has 0 aromatic heterocycles. The molecule has 41 heavy (non-hydrogen) atoms. The second kappa shape index (κ2) is 12.6. The van der Waals surface area contributed by atoms with Gasteiger partial charge in [0.2, 0.25) is 0 Å². The van der Waals surface area contributed by atoms with Crippen molar-refractivity contribution in [1.82, 2.24) is 0 Å². The standard InChI is InChI=1S/C37H59NO2Si/c1-10-12-16-27(17-14-13-15-24-38)31-26-36(6)32(20-21-33(36)40-41(8,9)35(3,4)5)37(11-2)23-22-28-25-29(39-7)18-19-30(28)34(31)37/h11,18-19,25,27,31-34H,2,10,12-17,20-23,26H2,1,3-9H3/t27?,31-,32-,33+,34+,36+,37+/m1/s1. The summed E-state index contributed by atoms with van der Waals surface area (Å²) in [7, 11) is -0.122. The first-order chi connectivity index (χ1) is 19.4. The highest BCUT2D eigenvalue weighted by Gasteiger charge is 2.65. The fourth-order valence-corrected chi connectivity index (χ4v) is 10.7. The number of aryl methyl sites for hydroxylation is 1. The molecule has 0 radical (unpaired) electrons. The summed E-state index contributed by atoms with van der Waals surface area (Å²) in [6.07, 6.45) is 16.6. The maximum Gasteiger partial charge on any atom is 0.192 e. The van der Waals surface area contributed by atoms with Gasteiger partial charge in [-0.2, -0.15) is 5.26 Å². The van der Waals surface area contributed by atoms with Crippen molar-refractivity contribution >= 4 is 8.32 Å². The lowest BCUT2D eigenvalue weighted by Gasteiger charge is -2.62. The highest BCUT2D eigenvalue weighted by molar-refractivity contribution is 6.74. The lowest BCUT2D eigenvalue weighted by molar-refractivity contribution is -0.0901. The molecule has 228 valence electrons. The molecule has 1 aromatic carbocycles. The van der Waals surface area contributed by atoms with Crippen molar-refractivity contribution < 1.29 is 9.16 Å². The number of unbranched alkanes of at least 4 members (excludes halogenated alkanes) is 3. The van der Waals surface area contributed by atoms with Crippen LogP contribution in [0.15, 0.2) is 30.9 Å². The van der Waals surface area contributed by atoms with Crippen molar-refractivity contribution in [3.05, 3.63) is 42.0 Å². The summed E-state index contributed by atoms with van der Waals surface area (Å²) in [5.74, 6) is 3.34. The lowest BCUT2D eigenvalue weighted by atomic mass is 9.43. The lowest BCUT2D eigenvalue weighted by Crippen LogP contribution is -2.57. The molecular weight excluding hydrogens is 518 g/mol. The second-order valence-electron chi connectivity index (χ2n) is 15.5. The Bertz CT molecular complexity index is 1100. The van der Waals surface area contributed by atoms with E-state index in [0.717, 1.165) is 25.0 Å². The van der Waals surface area contributed by atoms with Crippen LogP contribution in [0.5, 0.6) is 5.75 Å². The Morgan fingerprint density at radius 1 is 1.17 bits per heavy atom. The molecule has 0 aliphatic heterocycles. The summed E-state index contributed by atoms with van der Waals surface area (Å²) < 4.78 is 13.1. The van der Waals surface area contributed by atoms with Gasteiger partial charge >= 0.3 is 0 Å². The molecule has 4 heteroatoms. The van der Waals surface area contributed by atoms with E-state index in [1.165, 1.54) is 56.9 Å². The van der Waals surface area contributed by atoms with Crippen molar-refractivity contribution in [3.8, 4) is 11.8 Å². The van der Waals surface area contributed by atoms with Gasteiger partial charge in [-0.3, -0.25) is 0 Å². The molecule has 0 bridgehead atoms. The van der Waals surface area contributed by atoms with Crippen LogP contribution in [-0.2, 0) is 10.8 Å². The highest BCUT2D eigenvalue weighted by Crippen LogP contribution is 2.71. The molecule has 2 saturated carbocycles. The topological polar surface area (TPSA) is 42.2 Å². The third-order valence-electron chi connectivity index (χ3n) is 12.4. The molecule has 3 aliphatic rings. The molecule has 1 unspecified atom stereocenters. The van der Waals surface area contributed by atoms with Gasteiger partial charge in [-0.15, -0.1) is 6.58 Å². The van der Waals surface area contributed by atoms with E-state index >= 15 is 0 Å². The monoisotopic (exact) mass is 577 g/mol. The Morgan fingerprint density at radius 3 is 2.54 bits per heavy atom. The van der Waals surface area contributed by atoms with Crippen LogP contribution in [0.25, 0.3) is 0 Å². The predicted octanol–water partition coefficient (Wildman–Crippen LogP) is 10.6. The van der Waals surface area contributed by atoms with Crippen molar-refractivity contribution in [2.45, 2.75) is 142 Å². The largest absolute Gasteiger partial charge is 0.497 e. The molecule has 0 saturated heterocycles. The van der Waals surface area contributed by atoms with Gasteiger partial charge in [0.1, 0.15) is 5.75 Å². The minimum absolute atomic E-state index is 0.0991. The molecule has 0 amide bonds. The number of hydrogen-bond acceptors (Lipinski definition) is 3. The zero-order chi connectivity index (χ0) is 30.1. The summed E-state index contributed by atoms with van der Waals surface area (Å²) in [6.45, 7) is 21.6. The molecule has 3 aliphatic carbocycles. The Balaban J connectivity index is 1.82. The van der Waals surface area contributed by atoms with Gasteiger partial charge in [0, 0.05) is 6.42 Å². The van der Waals surface area contributed by atoms with Crippen LogP contribution in [0, 0.1) is 39.9 Å². The van der Waals surface area contributed by atoms with Gasteiger partial charge in [0.05, 0.1) is 19.3 Å². The van der Waals surface area contributed by atoms with Crippen LogP contribution in [0.2, 0.25) is 18.1 Å². The number of allylic oxidation sites excluding steroid dienone is 1. The zero-order valence-electron chi connectivity index (χ0n) is 27.7. The van der Waals surface area contributed by atoms with E-state index in [9.17, 15) is 5.26 Å². The molecule has 0 heterocycles. The number of rotatable bonds is 12. The Morgan fingerprint density at radius 2 is 1.90 bits per heavy atom. The minimum atomic E-state index is -1.91. The quantitative estimate of drug-likeness (QED) is 0.141. The van der Waals surface area contributed by atoms with Crippen molar-refractivity contribution in [1.29, 1.82) is 5.26 Å². The smallest absolute Gasteiger partial charge is 0.192 e. The third kappa shape index (κ3) is 5.97. The maximum atomic E-state index is 9.23. The van der Waals surface area contributed by atoms with Crippen LogP contribution < -0.4 is 4.74 Å². The Hall–Kier alpha value is -1.57. The third-order valence-corrected chi connectivity index (χ3v) is 16.8. The maximum absolute atomic E-state index is 9.23. The Labute approximate surface area is 253 Å². The van der Waals surface area contributed by atoms with Crippen molar-refractivity contribution in [2.75, 3.05) is 7.11 Å². The van der Waals surface area contributed by atoms with Gasteiger partial charge in [0.15, 0.2) is 8.32 Å². The first kappa shape index (κ1) is 32.3. The second-order valence-corrected chi connectivity index (χ2v) is 20.3. The van der Waals surface area contributed by atoms with Crippen LogP contribution in [0.3, 0.4) is 0 Å². The van der Waals surface area contributed by atoms with Gasteiger partial charge in [-0.25, -0.2) is 0 Å². The van der Waals surface area contributed by atoms with Gasteiger partial charge in [-0.05, 0) is 114 Å². The molecule has 4 rings (SSSR count). The molecule has 0 N–H and O–H groups in total. The summed E-state index contributed by atoms with van der Waals surface area (Å²) in [6, 6.07) is 9.32. The van der Waals surface area contributed by atoms with Gasteiger partial charge < -0.3 is 9.16 Å². The summed E-state index contributed by atoms with van der Waals surface area (Å²) >= 11 is 0. The SMILES string of the molecule is C=C[C@@]12CCc3cc(OC)ccc3[C@H]1[C@@H](C(CCCC)CCCCC#N)C[C@]1(C)[C@@H](O[Si](C)(C)C(C)(C)C)CC[C@H]12. The number of ether oxygens (including phenoxy) is 1. The Kier molecular flexibility index (Phi) is 9.92. The van der Waals surface area contributed by atoms with Crippen LogP contribution in [0.1, 0.15) is 122 Å². The zero-order valence-corrected chi connectivity index (χ0v) is 28.7. The van der Waals surface area contributed by atoms with Crippen molar-refractivity contribution in [2.24, 2.45) is 28.6 Å². The number of nitriles is 1. The van der Waals surface area contributed by atoms with Crippen molar-refractivity contribution in [3.63, 3.8) is 0 Å². The molecular formula is C37H59NO2Si. The minimum Gasteiger partial charge on any atom is -0.497 e.